The molecule has 0 aliphatic heterocycles. The average molecular weight is 460 g/mol. The van der Waals surface area contributed by atoms with Gasteiger partial charge in [-0.1, -0.05) is 23.7 Å². The number of carbonyl (C=O) groups is 1. The van der Waals surface area contributed by atoms with Gasteiger partial charge in [-0.15, -0.1) is 0 Å². The first-order chi connectivity index (χ1) is 11.5. The van der Waals surface area contributed by atoms with Crippen LogP contribution in [-0.2, 0) is 4.79 Å². The number of nitro groups is 1. The Bertz CT molecular complexity index is 798. The number of nitrogens with zero attached hydrogens (tertiary/aromatic N) is 2. The minimum Gasteiger partial charge on any atom is -0.483 e. The number of hydrazone groups is 1. The molecule has 0 aromatic heterocycles. The fraction of sp³-hybridized carbons (Fsp3) is 0.0667. The number of hydrogen-bond donors (Lipinski definition) is 1. The molecule has 0 unspecified atom stereocenters. The van der Waals surface area contributed by atoms with Crippen LogP contribution in [0.2, 0.25) is 5.02 Å². The number of nitrogens with one attached hydrogen (secondary N) is 1. The van der Waals surface area contributed by atoms with Gasteiger partial charge in [-0.05, 0) is 40.8 Å². The molecule has 2 aromatic carbocycles. The number of ether oxygens (including phenoxy) is 1. The molecule has 0 saturated carbocycles. The lowest BCUT2D eigenvalue weighted by Crippen LogP contribution is -2.24. The maximum absolute atomic E-state index is 11.7. The molecule has 0 aliphatic carbocycles. The first kappa shape index (κ1) is 18.1. The molecule has 0 saturated heterocycles. The molecule has 0 atom stereocenters. The van der Waals surface area contributed by atoms with Crippen molar-refractivity contribution in [2.24, 2.45) is 5.10 Å². The van der Waals surface area contributed by atoms with E-state index in [9.17, 15) is 14.9 Å². The topological polar surface area (TPSA) is 93.8 Å². The second kappa shape index (κ2) is 8.60. The number of halogens is 2. The second-order valence-corrected chi connectivity index (χ2v) is 6.04. The second-order valence-electron chi connectivity index (χ2n) is 4.48. The van der Waals surface area contributed by atoms with Gasteiger partial charge in [0.15, 0.2) is 6.61 Å². The summed E-state index contributed by atoms with van der Waals surface area (Å²) in [5, 5.41) is 14.7. The van der Waals surface area contributed by atoms with Crippen molar-refractivity contribution in [1.82, 2.24) is 5.43 Å². The van der Waals surface area contributed by atoms with Crippen molar-refractivity contribution in [1.29, 1.82) is 0 Å². The maximum atomic E-state index is 11.7. The van der Waals surface area contributed by atoms with Crippen LogP contribution in [0.4, 0.5) is 5.69 Å². The lowest BCUT2D eigenvalue weighted by Gasteiger charge is -2.06. The monoisotopic (exact) mass is 459 g/mol. The van der Waals surface area contributed by atoms with Crippen LogP contribution >= 0.6 is 34.2 Å². The Labute approximate surface area is 155 Å². The molecule has 1 amide bonds. The van der Waals surface area contributed by atoms with E-state index in [0.29, 0.717) is 11.3 Å². The molecule has 0 heterocycles. The molecule has 0 bridgehead atoms. The highest BCUT2D eigenvalue weighted by molar-refractivity contribution is 14.1. The number of para-hydroxylation sites is 1. The average Bonchev–Trinajstić information content (AvgIpc) is 2.55. The largest absolute Gasteiger partial charge is 0.483 e. The number of hydrogen-bond acceptors (Lipinski definition) is 5. The third-order valence-corrected chi connectivity index (χ3v) is 4.01. The van der Waals surface area contributed by atoms with E-state index in [-0.39, 0.29) is 17.3 Å². The van der Waals surface area contributed by atoms with Gasteiger partial charge in [-0.3, -0.25) is 14.9 Å². The predicted octanol–water partition coefficient (Wildman–Crippen LogP) is 3.38. The number of amides is 1. The van der Waals surface area contributed by atoms with Gasteiger partial charge >= 0.3 is 0 Å². The fourth-order valence-electron chi connectivity index (χ4n) is 1.65. The lowest BCUT2D eigenvalue weighted by atomic mass is 10.2. The van der Waals surface area contributed by atoms with Crippen molar-refractivity contribution in [2.45, 2.75) is 0 Å². The molecule has 0 radical (unpaired) electrons. The Morgan fingerprint density at radius 3 is 2.83 bits per heavy atom. The molecule has 0 aliphatic rings. The third kappa shape index (κ3) is 5.17. The minimum atomic E-state index is -0.540. The fourth-order valence-corrected chi connectivity index (χ4v) is 2.36. The standard InChI is InChI=1S/C15H11ClIN3O4/c16-12-6-5-11(20(22)23)7-10(12)8-18-19-15(21)9-24-14-4-2-1-3-13(14)17/h1-8H,9H2,(H,19,21)/b18-8+. The first-order valence-corrected chi connectivity index (χ1v) is 8.06. The smallest absolute Gasteiger partial charge is 0.277 e. The summed E-state index contributed by atoms with van der Waals surface area (Å²) in [6, 6.07) is 11.2. The van der Waals surface area contributed by atoms with E-state index in [1.54, 1.807) is 12.1 Å². The highest BCUT2D eigenvalue weighted by Gasteiger charge is 2.08. The Kier molecular flexibility index (Phi) is 6.50. The van der Waals surface area contributed by atoms with E-state index >= 15 is 0 Å². The van der Waals surface area contributed by atoms with E-state index in [2.05, 4.69) is 33.1 Å². The van der Waals surface area contributed by atoms with Crippen LogP contribution < -0.4 is 10.2 Å². The van der Waals surface area contributed by atoms with Gasteiger partial charge in [0.05, 0.1) is 14.7 Å². The van der Waals surface area contributed by atoms with Gasteiger partial charge < -0.3 is 4.74 Å². The minimum absolute atomic E-state index is 0.117. The summed E-state index contributed by atoms with van der Waals surface area (Å²) in [5.41, 5.74) is 2.48. The van der Waals surface area contributed by atoms with Gasteiger partial charge in [0.25, 0.3) is 11.6 Å². The molecular formula is C15H11ClIN3O4. The molecule has 24 heavy (non-hydrogen) atoms. The first-order valence-electron chi connectivity index (χ1n) is 6.60. The van der Waals surface area contributed by atoms with E-state index in [4.69, 9.17) is 16.3 Å². The van der Waals surface area contributed by atoms with Crippen molar-refractivity contribution < 1.29 is 14.5 Å². The lowest BCUT2D eigenvalue weighted by molar-refractivity contribution is -0.384. The maximum Gasteiger partial charge on any atom is 0.277 e. The summed E-state index contributed by atoms with van der Waals surface area (Å²) in [4.78, 5) is 21.9. The molecular weight excluding hydrogens is 449 g/mol. The predicted molar refractivity (Wildman–Crippen MR) is 98.5 cm³/mol. The number of benzene rings is 2. The van der Waals surface area contributed by atoms with Crippen molar-refractivity contribution in [2.75, 3.05) is 6.61 Å². The Balaban J connectivity index is 1.92. The Morgan fingerprint density at radius 1 is 1.38 bits per heavy atom. The van der Waals surface area contributed by atoms with Gasteiger partial charge in [0.2, 0.25) is 0 Å². The van der Waals surface area contributed by atoms with E-state index in [0.717, 1.165) is 3.57 Å². The molecule has 124 valence electrons. The van der Waals surface area contributed by atoms with Crippen LogP contribution in [0.15, 0.2) is 47.6 Å². The molecule has 9 heteroatoms. The van der Waals surface area contributed by atoms with Gasteiger partial charge in [-0.2, -0.15) is 5.10 Å². The number of rotatable bonds is 6. The Hall–Kier alpha value is -2.20. The summed E-state index contributed by atoms with van der Waals surface area (Å²) in [6.45, 7) is -0.208. The van der Waals surface area contributed by atoms with Crippen LogP contribution in [-0.4, -0.2) is 23.7 Å². The SMILES string of the molecule is O=C(COc1ccccc1I)N/N=C/c1cc([N+](=O)[O-])ccc1Cl. The third-order valence-electron chi connectivity index (χ3n) is 2.78. The summed E-state index contributed by atoms with van der Waals surface area (Å²) in [7, 11) is 0. The van der Waals surface area contributed by atoms with E-state index < -0.39 is 10.8 Å². The van der Waals surface area contributed by atoms with Crippen molar-refractivity contribution in [3.63, 3.8) is 0 Å². The van der Waals surface area contributed by atoms with Gasteiger partial charge in [-0.25, -0.2) is 5.43 Å². The number of non-ortho nitro benzene ring substituents is 1. The molecule has 2 rings (SSSR count). The van der Waals surface area contributed by atoms with Crippen molar-refractivity contribution in [3.05, 3.63) is 66.7 Å². The summed E-state index contributed by atoms with van der Waals surface area (Å²) in [6.07, 6.45) is 1.24. The normalized spacial score (nSPS) is 10.6. The quantitative estimate of drug-likeness (QED) is 0.310. The number of nitro benzene ring substituents is 1. The molecule has 1 N–H and O–H groups in total. The zero-order valence-corrected chi connectivity index (χ0v) is 15.0. The van der Waals surface area contributed by atoms with E-state index in [1.807, 2.05) is 12.1 Å². The zero-order valence-electron chi connectivity index (χ0n) is 12.1. The molecule has 0 fully saturated rings. The summed E-state index contributed by atoms with van der Waals surface area (Å²) < 4.78 is 6.25. The van der Waals surface area contributed by atoms with Crippen molar-refractivity contribution in [3.8, 4) is 5.75 Å². The summed E-state index contributed by atoms with van der Waals surface area (Å²) in [5.74, 6) is 0.131. The van der Waals surface area contributed by atoms with Crippen LogP contribution in [0, 0.1) is 13.7 Å². The van der Waals surface area contributed by atoms with Crippen LogP contribution in [0.25, 0.3) is 0 Å². The highest BCUT2D eigenvalue weighted by atomic mass is 127. The van der Waals surface area contributed by atoms with Crippen LogP contribution in [0.3, 0.4) is 0 Å². The molecule has 7 nitrogen and oxygen atoms in total. The van der Waals surface area contributed by atoms with E-state index in [1.165, 1.54) is 24.4 Å². The highest BCUT2D eigenvalue weighted by Crippen LogP contribution is 2.20. The Morgan fingerprint density at radius 2 is 2.12 bits per heavy atom. The van der Waals surface area contributed by atoms with Gasteiger partial charge in [0, 0.05) is 22.7 Å². The van der Waals surface area contributed by atoms with Crippen molar-refractivity contribution >= 4 is 52.0 Å². The zero-order chi connectivity index (χ0) is 17.5. The van der Waals surface area contributed by atoms with Gasteiger partial charge in [0.1, 0.15) is 5.75 Å². The van der Waals surface area contributed by atoms with Crippen LogP contribution in [0.5, 0.6) is 5.75 Å². The number of carbonyl (C=O) groups excluding carboxylic acids is 1. The molecule has 0 spiro atoms. The summed E-state index contributed by atoms with van der Waals surface area (Å²) >= 11 is 8.02. The molecule has 2 aromatic rings. The van der Waals surface area contributed by atoms with Crippen LogP contribution in [0.1, 0.15) is 5.56 Å².